The van der Waals surface area contributed by atoms with Gasteiger partial charge in [-0.15, -0.1) is 24.0 Å². The van der Waals surface area contributed by atoms with Crippen LogP contribution in [0.5, 0.6) is 0 Å². The van der Waals surface area contributed by atoms with Crippen LogP contribution in [0.1, 0.15) is 18.9 Å². The first-order chi connectivity index (χ1) is 12.6. The third kappa shape index (κ3) is 5.44. The maximum atomic E-state index is 12.3. The molecule has 0 amide bonds. The van der Waals surface area contributed by atoms with Gasteiger partial charge in [0.15, 0.2) is 15.8 Å². The van der Waals surface area contributed by atoms with Crippen LogP contribution in [0.3, 0.4) is 0 Å². The number of rotatable bonds is 6. The zero-order valence-corrected chi connectivity index (χ0v) is 18.6. The summed E-state index contributed by atoms with van der Waals surface area (Å²) in [5.74, 6) is 0.936. The van der Waals surface area contributed by atoms with Crippen molar-refractivity contribution < 1.29 is 8.42 Å². The largest absolute Gasteiger partial charge is 0.356 e. The average Bonchev–Trinajstić information content (AvgIpc) is 3.09. The van der Waals surface area contributed by atoms with Crippen LogP contribution in [0.25, 0.3) is 0 Å². The van der Waals surface area contributed by atoms with E-state index in [0.29, 0.717) is 17.9 Å². The predicted molar refractivity (Wildman–Crippen MR) is 122 cm³/mol. The van der Waals surface area contributed by atoms with Crippen molar-refractivity contribution in [1.82, 2.24) is 5.32 Å². The molecule has 5 nitrogen and oxygen atoms in total. The van der Waals surface area contributed by atoms with Crippen LogP contribution in [0.15, 0.2) is 64.5 Å². The second-order valence-electron chi connectivity index (χ2n) is 6.25. The van der Waals surface area contributed by atoms with Crippen LogP contribution in [-0.2, 0) is 16.3 Å². The molecule has 146 valence electrons. The van der Waals surface area contributed by atoms with Crippen molar-refractivity contribution >= 4 is 45.5 Å². The SMILES string of the molecule is CCNC(=NCCCS(=O)(=O)c1ccccc1)N1CCc2ccccc21.I. The summed E-state index contributed by atoms with van der Waals surface area (Å²) in [5, 5.41) is 3.32. The van der Waals surface area contributed by atoms with Crippen LogP contribution in [0, 0.1) is 0 Å². The molecule has 0 bridgehead atoms. The fourth-order valence-corrected chi connectivity index (χ4v) is 4.45. The fraction of sp³-hybridized carbons (Fsp3) is 0.350. The molecule has 7 heteroatoms. The van der Waals surface area contributed by atoms with Gasteiger partial charge >= 0.3 is 0 Å². The minimum absolute atomic E-state index is 0. The molecule has 0 fully saturated rings. The highest BCUT2D eigenvalue weighted by atomic mass is 127. The minimum Gasteiger partial charge on any atom is -0.356 e. The van der Waals surface area contributed by atoms with Gasteiger partial charge in [-0.1, -0.05) is 36.4 Å². The van der Waals surface area contributed by atoms with E-state index in [9.17, 15) is 8.42 Å². The van der Waals surface area contributed by atoms with Crippen molar-refractivity contribution in [3.63, 3.8) is 0 Å². The van der Waals surface area contributed by atoms with Gasteiger partial charge in [0.05, 0.1) is 10.6 Å². The van der Waals surface area contributed by atoms with Gasteiger partial charge in [-0.05, 0) is 43.5 Å². The third-order valence-corrected chi connectivity index (χ3v) is 6.23. The summed E-state index contributed by atoms with van der Waals surface area (Å²) in [7, 11) is -3.24. The lowest BCUT2D eigenvalue weighted by molar-refractivity contribution is 0.593. The number of hydrogen-bond donors (Lipinski definition) is 1. The molecule has 1 aliphatic heterocycles. The van der Waals surface area contributed by atoms with Gasteiger partial charge in [-0.25, -0.2) is 8.42 Å². The van der Waals surface area contributed by atoms with E-state index in [4.69, 9.17) is 0 Å². The zero-order valence-electron chi connectivity index (χ0n) is 15.5. The number of para-hydroxylation sites is 1. The van der Waals surface area contributed by atoms with Crippen LogP contribution in [0.2, 0.25) is 0 Å². The molecule has 0 aliphatic carbocycles. The minimum atomic E-state index is -3.24. The Bertz CT molecular complexity index is 870. The number of guanidine groups is 1. The number of nitrogens with zero attached hydrogens (tertiary/aromatic N) is 2. The van der Waals surface area contributed by atoms with Crippen molar-refractivity contribution in [2.75, 3.05) is 30.3 Å². The average molecular weight is 499 g/mol. The van der Waals surface area contributed by atoms with Gasteiger partial charge in [-0.3, -0.25) is 4.99 Å². The molecule has 0 atom stereocenters. The Morgan fingerprint density at radius 2 is 1.81 bits per heavy atom. The maximum Gasteiger partial charge on any atom is 0.198 e. The van der Waals surface area contributed by atoms with E-state index >= 15 is 0 Å². The van der Waals surface area contributed by atoms with E-state index in [2.05, 4.69) is 33.4 Å². The highest BCUT2D eigenvalue weighted by molar-refractivity contribution is 14.0. The van der Waals surface area contributed by atoms with Crippen LogP contribution in [0.4, 0.5) is 5.69 Å². The Hall–Kier alpha value is -1.61. The molecular weight excluding hydrogens is 473 g/mol. The summed E-state index contributed by atoms with van der Waals surface area (Å²) in [6.45, 7) is 4.19. The van der Waals surface area contributed by atoms with Crippen molar-refractivity contribution in [3.05, 3.63) is 60.2 Å². The molecule has 1 heterocycles. The molecule has 1 aliphatic rings. The van der Waals surface area contributed by atoms with E-state index in [1.165, 1.54) is 11.3 Å². The van der Waals surface area contributed by atoms with E-state index in [-0.39, 0.29) is 29.7 Å². The molecule has 2 aromatic carbocycles. The number of nitrogens with one attached hydrogen (secondary N) is 1. The van der Waals surface area contributed by atoms with Crippen LogP contribution < -0.4 is 10.2 Å². The number of fused-ring (bicyclic) bond motifs is 1. The first kappa shape index (κ1) is 21.7. The molecule has 0 saturated heterocycles. The number of aliphatic imine (C=N–C) groups is 1. The summed E-state index contributed by atoms with van der Waals surface area (Å²) >= 11 is 0. The predicted octanol–water partition coefficient (Wildman–Crippen LogP) is 3.50. The number of sulfone groups is 1. The first-order valence-electron chi connectivity index (χ1n) is 9.03. The van der Waals surface area contributed by atoms with E-state index < -0.39 is 9.84 Å². The molecule has 0 spiro atoms. The van der Waals surface area contributed by atoms with Crippen molar-refractivity contribution in [2.45, 2.75) is 24.7 Å². The highest BCUT2D eigenvalue weighted by Gasteiger charge is 2.22. The van der Waals surface area contributed by atoms with Crippen LogP contribution >= 0.6 is 24.0 Å². The molecule has 0 unspecified atom stereocenters. The van der Waals surface area contributed by atoms with E-state index in [1.54, 1.807) is 24.3 Å². The first-order valence-corrected chi connectivity index (χ1v) is 10.7. The van der Waals surface area contributed by atoms with Crippen molar-refractivity contribution in [1.29, 1.82) is 0 Å². The quantitative estimate of drug-likeness (QED) is 0.286. The molecule has 1 N–H and O–H groups in total. The molecule has 0 saturated carbocycles. The number of hydrogen-bond acceptors (Lipinski definition) is 3. The molecule has 3 rings (SSSR count). The van der Waals surface area contributed by atoms with E-state index in [1.807, 2.05) is 19.1 Å². The Morgan fingerprint density at radius 1 is 1.11 bits per heavy atom. The lowest BCUT2D eigenvalue weighted by atomic mass is 10.2. The standard InChI is InChI=1S/C20H25N3O2S.HI/c1-2-21-20(23-15-13-17-9-6-7-12-19(17)23)22-14-8-16-26(24,25)18-10-4-3-5-11-18;/h3-7,9-12H,2,8,13-16H2,1H3,(H,21,22);1H. The second kappa shape index (κ2) is 10.1. The van der Waals surface area contributed by atoms with Crippen LogP contribution in [-0.4, -0.2) is 39.8 Å². The van der Waals surface area contributed by atoms with Gasteiger partial charge in [-0.2, -0.15) is 0 Å². The molecule has 0 aromatic heterocycles. The lowest BCUT2D eigenvalue weighted by Gasteiger charge is -2.22. The number of halogens is 1. The zero-order chi connectivity index (χ0) is 18.4. The lowest BCUT2D eigenvalue weighted by Crippen LogP contribution is -2.40. The second-order valence-corrected chi connectivity index (χ2v) is 8.36. The van der Waals surface area contributed by atoms with Crippen molar-refractivity contribution in [2.24, 2.45) is 4.99 Å². The number of benzene rings is 2. The Balaban J connectivity index is 0.00000261. The monoisotopic (exact) mass is 499 g/mol. The third-order valence-electron chi connectivity index (χ3n) is 4.41. The molecular formula is C20H26IN3O2S. The summed E-state index contributed by atoms with van der Waals surface area (Å²) < 4.78 is 24.7. The molecule has 0 radical (unpaired) electrons. The Kier molecular flexibility index (Phi) is 8.09. The summed E-state index contributed by atoms with van der Waals surface area (Å²) in [6, 6.07) is 16.9. The maximum absolute atomic E-state index is 12.3. The smallest absolute Gasteiger partial charge is 0.198 e. The molecule has 27 heavy (non-hydrogen) atoms. The summed E-state index contributed by atoms with van der Waals surface area (Å²) in [5.41, 5.74) is 2.51. The molecule has 2 aromatic rings. The van der Waals surface area contributed by atoms with Gasteiger partial charge in [0.25, 0.3) is 0 Å². The topological polar surface area (TPSA) is 61.8 Å². The van der Waals surface area contributed by atoms with Crippen molar-refractivity contribution in [3.8, 4) is 0 Å². The Labute approximate surface area is 178 Å². The van der Waals surface area contributed by atoms with Gasteiger partial charge in [0.1, 0.15) is 0 Å². The normalized spacial score (nSPS) is 13.8. The van der Waals surface area contributed by atoms with E-state index in [0.717, 1.165) is 25.5 Å². The van der Waals surface area contributed by atoms with Gasteiger partial charge in [0, 0.05) is 25.3 Å². The fourth-order valence-electron chi connectivity index (χ4n) is 3.14. The summed E-state index contributed by atoms with van der Waals surface area (Å²) in [6.07, 6.45) is 1.50. The highest BCUT2D eigenvalue weighted by Crippen LogP contribution is 2.27. The number of anilines is 1. The Morgan fingerprint density at radius 3 is 2.56 bits per heavy atom. The van der Waals surface area contributed by atoms with Gasteiger partial charge < -0.3 is 10.2 Å². The summed E-state index contributed by atoms with van der Waals surface area (Å²) in [4.78, 5) is 7.22. The van der Waals surface area contributed by atoms with Gasteiger partial charge in [0.2, 0.25) is 0 Å².